The molecule has 1 aliphatic heterocycles. The van der Waals surface area contributed by atoms with Gasteiger partial charge in [0.2, 0.25) is 5.91 Å². The van der Waals surface area contributed by atoms with E-state index in [9.17, 15) is 18.7 Å². The first kappa shape index (κ1) is 19.1. The highest BCUT2D eigenvalue weighted by Crippen LogP contribution is 2.39. The second kappa shape index (κ2) is 7.51. The Morgan fingerprint density at radius 3 is 2.54 bits per heavy atom. The van der Waals surface area contributed by atoms with E-state index in [0.717, 1.165) is 37.9 Å². The second-order valence-corrected chi connectivity index (χ2v) is 7.95. The van der Waals surface area contributed by atoms with E-state index >= 15 is 0 Å². The number of hydrogen-bond donors (Lipinski definition) is 1. The van der Waals surface area contributed by atoms with E-state index in [1.165, 1.54) is 19.2 Å². The van der Waals surface area contributed by atoms with Gasteiger partial charge < -0.3 is 14.7 Å². The molecule has 1 saturated carbocycles. The molecule has 0 radical (unpaired) electrons. The molecule has 3 rings (SSSR count). The predicted molar refractivity (Wildman–Crippen MR) is 94.3 cm³/mol. The number of ether oxygens (including phenoxy) is 1. The molecule has 1 heterocycles. The summed E-state index contributed by atoms with van der Waals surface area (Å²) in [4.78, 5) is 14.4. The van der Waals surface area contributed by atoms with E-state index in [1.54, 1.807) is 13.0 Å². The van der Waals surface area contributed by atoms with E-state index in [4.69, 9.17) is 4.74 Å². The number of rotatable bonds is 5. The van der Waals surface area contributed by atoms with Crippen molar-refractivity contribution in [1.29, 1.82) is 0 Å². The van der Waals surface area contributed by atoms with Crippen molar-refractivity contribution in [2.45, 2.75) is 51.1 Å². The third-order valence-electron chi connectivity index (χ3n) is 5.72. The van der Waals surface area contributed by atoms with Gasteiger partial charge >= 0.3 is 0 Å². The lowest BCUT2D eigenvalue weighted by Gasteiger charge is -2.43. The van der Waals surface area contributed by atoms with Crippen molar-refractivity contribution in [3.63, 3.8) is 0 Å². The lowest BCUT2D eigenvalue weighted by atomic mass is 9.71. The van der Waals surface area contributed by atoms with Gasteiger partial charge in [-0.2, -0.15) is 0 Å². The average molecular weight is 367 g/mol. The molecule has 6 heteroatoms. The summed E-state index contributed by atoms with van der Waals surface area (Å²) in [7, 11) is 1.50. The lowest BCUT2D eigenvalue weighted by Crippen LogP contribution is -2.51. The highest BCUT2D eigenvalue weighted by atomic mass is 19.3. The number of nitrogens with zero attached hydrogens (tertiary/aromatic N) is 1. The molecule has 4 nitrogen and oxygen atoms in total. The molecule has 1 aliphatic carbocycles. The Morgan fingerprint density at radius 1 is 1.35 bits per heavy atom. The highest BCUT2D eigenvalue weighted by Gasteiger charge is 2.44. The van der Waals surface area contributed by atoms with Gasteiger partial charge in [-0.3, -0.25) is 4.79 Å². The van der Waals surface area contributed by atoms with Gasteiger partial charge in [0.15, 0.2) is 0 Å². The number of benzene rings is 1. The van der Waals surface area contributed by atoms with Crippen LogP contribution < -0.4 is 4.74 Å². The number of alkyl halides is 2. The van der Waals surface area contributed by atoms with Crippen LogP contribution in [0, 0.1) is 11.8 Å². The number of likely N-dealkylation sites (tertiary alicyclic amines) is 1. The molecule has 0 unspecified atom stereocenters. The first-order valence-corrected chi connectivity index (χ1v) is 9.25. The third kappa shape index (κ3) is 4.17. The van der Waals surface area contributed by atoms with Crippen LogP contribution in [0.15, 0.2) is 18.2 Å². The van der Waals surface area contributed by atoms with Crippen molar-refractivity contribution in [3.05, 3.63) is 29.3 Å². The van der Waals surface area contributed by atoms with Crippen molar-refractivity contribution < 1.29 is 23.4 Å². The Hall–Kier alpha value is -1.69. The zero-order chi connectivity index (χ0) is 18.9. The molecule has 1 N–H and O–H groups in total. The second-order valence-electron chi connectivity index (χ2n) is 7.95. The van der Waals surface area contributed by atoms with E-state index in [2.05, 4.69) is 0 Å². The van der Waals surface area contributed by atoms with Gasteiger partial charge in [-0.1, -0.05) is 12.1 Å². The molecule has 0 bridgehead atoms. The molecule has 0 atom stereocenters. The van der Waals surface area contributed by atoms with Crippen molar-refractivity contribution in [3.8, 4) is 5.75 Å². The van der Waals surface area contributed by atoms with Crippen molar-refractivity contribution in [1.82, 2.24) is 4.90 Å². The molecule has 1 amide bonds. The fourth-order valence-electron chi connectivity index (χ4n) is 4.17. The average Bonchev–Trinajstić information content (AvgIpc) is 2.59. The van der Waals surface area contributed by atoms with Gasteiger partial charge in [-0.15, -0.1) is 0 Å². The summed E-state index contributed by atoms with van der Waals surface area (Å²) in [5.74, 6) is 1.05. The standard InChI is InChI=1S/C20H27F2NO3/c1-20(25)11-16(12-20)19(24)23-7-5-13(6-8-23)9-14-3-4-15(18(21)22)10-17(14)26-2/h3-4,10,13,16,18,25H,5-9,11-12H2,1-2H3. The van der Waals surface area contributed by atoms with Crippen LogP contribution in [0.3, 0.4) is 0 Å². The van der Waals surface area contributed by atoms with E-state index < -0.39 is 12.0 Å². The van der Waals surface area contributed by atoms with Crippen LogP contribution in [0.2, 0.25) is 0 Å². The maximum Gasteiger partial charge on any atom is 0.263 e. The molecule has 1 aromatic carbocycles. The van der Waals surface area contributed by atoms with Crippen LogP contribution in [0.5, 0.6) is 5.75 Å². The molecule has 144 valence electrons. The van der Waals surface area contributed by atoms with Crippen LogP contribution in [0.4, 0.5) is 8.78 Å². The maximum absolute atomic E-state index is 12.8. The lowest BCUT2D eigenvalue weighted by molar-refractivity contribution is -0.151. The first-order chi connectivity index (χ1) is 12.3. The first-order valence-electron chi connectivity index (χ1n) is 9.25. The molecular weight excluding hydrogens is 340 g/mol. The van der Waals surface area contributed by atoms with Crippen LogP contribution in [0.1, 0.15) is 50.2 Å². The van der Waals surface area contributed by atoms with Gasteiger partial charge in [0.25, 0.3) is 6.43 Å². The topological polar surface area (TPSA) is 49.8 Å². The number of carbonyl (C=O) groups is 1. The number of halogens is 2. The van der Waals surface area contributed by atoms with Crippen molar-refractivity contribution in [2.24, 2.45) is 11.8 Å². The van der Waals surface area contributed by atoms with Gasteiger partial charge in [0, 0.05) is 24.6 Å². The molecule has 0 aromatic heterocycles. The molecule has 2 fully saturated rings. The molecule has 26 heavy (non-hydrogen) atoms. The number of hydrogen-bond acceptors (Lipinski definition) is 3. The highest BCUT2D eigenvalue weighted by molar-refractivity contribution is 5.80. The monoisotopic (exact) mass is 367 g/mol. The summed E-state index contributed by atoms with van der Waals surface area (Å²) in [5.41, 5.74) is 0.235. The fourth-order valence-corrected chi connectivity index (χ4v) is 4.17. The van der Waals surface area contributed by atoms with Crippen molar-refractivity contribution in [2.75, 3.05) is 20.2 Å². The Kier molecular flexibility index (Phi) is 5.51. The van der Waals surface area contributed by atoms with Crippen LogP contribution in [0.25, 0.3) is 0 Å². The van der Waals surface area contributed by atoms with Gasteiger partial charge in [-0.25, -0.2) is 8.78 Å². The Labute approximate surface area is 153 Å². The molecule has 2 aliphatic rings. The molecular formula is C20H27F2NO3. The van der Waals surface area contributed by atoms with Gasteiger partial charge in [-0.05, 0) is 56.6 Å². The number of carbonyl (C=O) groups excluding carboxylic acids is 1. The summed E-state index contributed by atoms with van der Waals surface area (Å²) in [6.07, 6.45) is 1.18. The minimum absolute atomic E-state index is 0.0256. The predicted octanol–water partition coefficient (Wildman–Crippen LogP) is 3.57. The van der Waals surface area contributed by atoms with E-state index in [1.807, 2.05) is 4.90 Å². The summed E-state index contributed by atoms with van der Waals surface area (Å²) < 4.78 is 31.0. The smallest absolute Gasteiger partial charge is 0.263 e. The number of aliphatic hydroxyl groups is 1. The number of piperidine rings is 1. The molecule has 1 saturated heterocycles. The molecule has 1 aromatic rings. The fraction of sp³-hybridized carbons (Fsp3) is 0.650. The third-order valence-corrected chi connectivity index (χ3v) is 5.72. The summed E-state index contributed by atoms with van der Waals surface area (Å²) >= 11 is 0. The Morgan fingerprint density at radius 2 is 2.00 bits per heavy atom. The number of amides is 1. The van der Waals surface area contributed by atoms with Gasteiger partial charge in [0.05, 0.1) is 12.7 Å². The maximum atomic E-state index is 12.8. The summed E-state index contributed by atoms with van der Waals surface area (Å²) in [5, 5.41) is 9.81. The van der Waals surface area contributed by atoms with Crippen LogP contribution >= 0.6 is 0 Å². The largest absolute Gasteiger partial charge is 0.496 e. The van der Waals surface area contributed by atoms with E-state index in [-0.39, 0.29) is 17.4 Å². The van der Waals surface area contributed by atoms with Crippen LogP contribution in [-0.2, 0) is 11.2 Å². The SMILES string of the molecule is COc1cc(C(F)F)ccc1CC1CCN(C(=O)C2CC(C)(O)C2)CC1. The zero-order valence-electron chi connectivity index (χ0n) is 15.4. The quantitative estimate of drug-likeness (QED) is 0.866. The number of methoxy groups -OCH3 is 1. The minimum atomic E-state index is -2.50. The van der Waals surface area contributed by atoms with Gasteiger partial charge in [0.1, 0.15) is 5.75 Å². The molecule has 0 spiro atoms. The summed E-state index contributed by atoms with van der Waals surface area (Å²) in [6, 6.07) is 4.61. The zero-order valence-corrected chi connectivity index (χ0v) is 15.4. The van der Waals surface area contributed by atoms with Crippen molar-refractivity contribution >= 4 is 5.91 Å². The Bertz CT molecular complexity index is 646. The Balaban J connectivity index is 1.53. The minimum Gasteiger partial charge on any atom is -0.496 e. The normalized spacial score (nSPS) is 26.7. The van der Waals surface area contributed by atoms with Crippen LogP contribution in [-0.4, -0.2) is 41.7 Å². The van der Waals surface area contributed by atoms with E-state index in [0.29, 0.717) is 24.5 Å². The summed E-state index contributed by atoms with van der Waals surface area (Å²) in [6.45, 7) is 3.22.